The number of carbonyl (C=O) groups excluding carboxylic acids is 1. The van der Waals surface area contributed by atoms with Crippen molar-refractivity contribution in [1.82, 2.24) is 10.6 Å². The third-order valence-electron chi connectivity index (χ3n) is 3.60. The van der Waals surface area contributed by atoms with Crippen molar-refractivity contribution in [3.8, 4) is 0 Å². The second-order valence-electron chi connectivity index (χ2n) is 5.31. The molecule has 1 aliphatic heterocycles. The van der Waals surface area contributed by atoms with E-state index in [1.165, 1.54) is 18.2 Å². The maximum atomic E-state index is 12.9. The number of benzene rings is 1. The van der Waals surface area contributed by atoms with Crippen LogP contribution < -0.4 is 10.6 Å². The van der Waals surface area contributed by atoms with Gasteiger partial charge in [-0.25, -0.2) is 0 Å². The van der Waals surface area contributed by atoms with Crippen LogP contribution in [0.1, 0.15) is 35.7 Å². The van der Waals surface area contributed by atoms with Crippen LogP contribution in [0.15, 0.2) is 24.3 Å². The number of nitrogens with one attached hydrogen (secondary N) is 2. The van der Waals surface area contributed by atoms with Crippen LogP contribution >= 0.6 is 0 Å². The van der Waals surface area contributed by atoms with Crippen molar-refractivity contribution >= 4 is 5.91 Å². The van der Waals surface area contributed by atoms with E-state index in [9.17, 15) is 18.0 Å². The van der Waals surface area contributed by atoms with Crippen LogP contribution in [-0.2, 0) is 6.18 Å². The van der Waals surface area contributed by atoms with Crippen LogP contribution in [0.2, 0.25) is 0 Å². The monoisotopic (exact) mass is 286 g/mol. The fraction of sp³-hybridized carbons (Fsp3) is 0.500. The molecule has 1 fully saturated rings. The van der Waals surface area contributed by atoms with Gasteiger partial charge in [0.05, 0.1) is 11.1 Å². The molecule has 1 aromatic carbocycles. The molecule has 2 rings (SSSR count). The summed E-state index contributed by atoms with van der Waals surface area (Å²) in [5.41, 5.74) is -1.67. The highest BCUT2D eigenvalue weighted by Gasteiger charge is 2.36. The molecule has 1 heterocycles. The van der Waals surface area contributed by atoms with Gasteiger partial charge < -0.3 is 10.6 Å². The van der Waals surface area contributed by atoms with E-state index in [2.05, 4.69) is 10.6 Å². The quantitative estimate of drug-likeness (QED) is 0.877. The molecule has 0 aliphatic carbocycles. The Hall–Kier alpha value is -1.56. The highest BCUT2D eigenvalue weighted by molar-refractivity contribution is 5.96. The number of rotatable bonds is 2. The average molecular weight is 286 g/mol. The molecule has 0 spiro atoms. The first-order chi connectivity index (χ1) is 9.32. The lowest BCUT2D eigenvalue weighted by Gasteiger charge is -2.35. The van der Waals surface area contributed by atoms with Crippen LogP contribution in [-0.4, -0.2) is 24.5 Å². The number of hydrogen-bond donors (Lipinski definition) is 2. The molecule has 1 aromatic rings. The molecule has 0 radical (unpaired) electrons. The van der Waals surface area contributed by atoms with Crippen molar-refractivity contribution in [3.05, 3.63) is 35.4 Å². The van der Waals surface area contributed by atoms with Crippen LogP contribution in [0.5, 0.6) is 0 Å². The maximum Gasteiger partial charge on any atom is 0.417 e. The van der Waals surface area contributed by atoms with Gasteiger partial charge in [0.2, 0.25) is 0 Å². The van der Waals surface area contributed by atoms with Gasteiger partial charge >= 0.3 is 6.18 Å². The molecule has 3 nitrogen and oxygen atoms in total. The third kappa shape index (κ3) is 3.30. The summed E-state index contributed by atoms with van der Waals surface area (Å²) in [5, 5.41) is 5.90. The van der Waals surface area contributed by atoms with Crippen molar-refractivity contribution in [3.63, 3.8) is 0 Å². The minimum absolute atomic E-state index is 0.320. The lowest BCUT2D eigenvalue weighted by atomic mass is 9.90. The van der Waals surface area contributed by atoms with Crippen molar-refractivity contribution in [2.24, 2.45) is 0 Å². The summed E-state index contributed by atoms with van der Waals surface area (Å²) in [7, 11) is 0. The number of hydrogen-bond acceptors (Lipinski definition) is 2. The fourth-order valence-electron chi connectivity index (χ4n) is 2.37. The minimum Gasteiger partial charge on any atom is -0.347 e. The van der Waals surface area contributed by atoms with E-state index in [1.54, 1.807) is 0 Å². The van der Waals surface area contributed by atoms with Gasteiger partial charge in [0, 0.05) is 5.54 Å². The van der Waals surface area contributed by atoms with E-state index in [0.717, 1.165) is 19.2 Å². The summed E-state index contributed by atoms with van der Waals surface area (Å²) in [6, 6.07) is 4.86. The first-order valence-corrected chi connectivity index (χ1v) is 6.51. The predicted octanol–water partition coefficient (Wildman–Crippen LogP) is 2.58. The number of amides is 1. The van der Waals surface area contributed by atoms with E-state index in [4.69, 9.17) is 0 Å². The minimum atomic E-state index is -4.52. The molecule has 20 heavy (non-hydrogen) atoms. The van der Waals surface area contributed by atoms with Crippen LogP contribution in [0.25, 0.3) is 0 Å². The number of piperidine rings is 1. The predicted molar refractivity (Wildman–Crippen MR) is 69.4 cm³/mol. The van der Waals surface area contributed by atoms with E-state index < -0.39 is 23.2 Å². The van der Waals surface area contributed by atoms with Crippen molar-refractivity contribution in [2.75, 3.05) is 13.1 Å². The topological polar surface area (TPSA) is 41.1 Å². The summed E-state index contributed by atoms with van der Waals surface area (Å²) in [4.78, 5) is 12.2. The fourth-order valence-corrected chi connectivity index (χ4v) is 2.37. The zero-order valence-corrected chi connectivity index (χ0v) is 11.2. The van der Waals surface area contributed by atoms with Gasteiger partial charge in [0.1, 0.15) is 0 Å². The molecule has 0 atom stereocenters. The number of alkyl halides is 3. The van der Waals surface area contributed by atoms with Gasteiger partial charge in [0.25, 0.3) is 5.91 Å². The zero-order valence-electron chi connectivity index (χ0n) is 11.2. The van der Waals surface area contributed by atoms with Crippen molar-refractivity contribution in [1.29, 1.82) is 0 Å². The van der Waals surface area contributed by atoms with Gasteiger partial charge in [0.15, 0.2) is 0 Å². The largest absolute Gasteiger partial charge is 0.417 e. The second kappa shape index (κ2) is 5.44. The SMILES string of the molecule is CC1(NC(=O)c2ccccc2C(F)(F)F)CCNCC1. The van der Waals surface area contributed by atoms with Crippen LogP contribution in [0, 0.1) is 0 Å². The van der Waals surface area contributed by atoms with Crippen molar-refractivity contribution < 1.29 is 18.0 Å². The number of carbonyl (C=O) groups is 1. The Bertz CT molecular complexity index is 493. The van der Waals surface area contributed by atoms with Gasteiger partial charge in [-0.3, -0.25) is 4.79 Å². The molecule has 6 heteroatoms. The van der Waals surface area contributed by atoms with E-state index >= 15 is 0 Å². The summed E-state index contributed by atoms with van der Waals surface area (Å²) in [6.07, 6.45) is -3.12. The highest BCUT2D eigenvalue weighted by Crippen LogP contribution is 2.32. The molecular weight excluding hydrogens is 269 g/mol. The summed E-state index contributed by atoms with van der Waals surface area (Å²) in [6.45, 7) is 3.36. The Balaban J connectivity index is 2.21. The average Bonchev–Trinajstić information content (AvgIpc) is 2.38. The smallest absolute Gasteiger partial charge is 0.347 e. The highest BCUT2D eigenvalue weighted by atomic mass is 19.4. The first-order valence-electron chi connectivity index (χ1n) is 6.51. The van der Waals surface area contributed by atoms with Gasteiger partial charge in [-0.15, -0.1) is 0 Å². The van der Waals surface area contributed by atoms with Gasteiger partial charge in [-0.1, -0.05) is 12.1 Å². The molecule has 0 aromatic heterocycles. The van der Waals surface area contributed by atoms with Crippen LogP contribution in [0.4, 0.5) is 13.2 Å². The van der Waals surface area contributed by atoms with E-state index in [-0.39, 0.29) is 5.56 Å². The van der Waals surface area contributed by atoms with Crippen molar-refractivity contribution in [2.45, 2.75) is 31.5 Å². The Morgan fingerprint density at radius 1 is 1.25 bits per heavy atom. The summed E-state index contributed by atoms with van der Waals surface area (Å²) < 4.78 is 38.7. The molecule has 0 unspecified atom stereocenters. The van der Waals surface area contributed by atoms with E-state index in [1.807, 2.05) is 6.92 Å². The molecule has 1 amide bonds. The normalized spacial score (nSPS) is 18.6. The maximum absolute atomic E-state index is 12.9. The molecule has 0 saturated carbocycles. The number of halogens is 3. The lowest BCUT2D eigenvalue weighted by molar-refractivity contribution is -0.138. The standard InChI is InChI=1S/C14H17F3N2O/c1-13(6-8-18-9-7-13)19-12(20)10-4-2-3-5-11(10)14(15,16)17/h2-5,18H,6-9H2,1H3,(H,19,20). The Labute approximate surface area is 115 Å². The molecule has 110 valence electrons. The van der Waals surface area contributed by atoms with Gasteiger partial charge in [-0.2, -0.15) is 13.2 Å². The molecule has 1 saturated heterocycles. The molecule has 1 aliphatic rings. The molecule has 0 bridgehead atoms. The van der Waals surface area contributed by atoms with Crippen LogP contribution in [0.3, 0.4) is 0 Å². The molecule has 2 N–H and O–H groups in total. The Morgan fingerprint density at radius 3 is 2.45 bits per heavy atom. The molecular formula is C14H17F3N2O. The van der Waals surface area contributed by atoms with E-state index in [0.29, 0.717) is 12.8 Å². The Kier molecular flexibility index (Phi) is 4.04. The lowest BCUT2D eigenvalue weighted by Crippen LogP contribution is -2.52. The third-order valence-corrected chi connectivity index (χ3v) is 3.60. The second-order valence-corrected chi connectivity index (χ2v) is 5.31. The first kappa shape index (κ1) is 14.8. The summed E-state index contributed by atoms with van der Waals surface area (Å²) in [5.74, 6) is -0.665. The zero-order chi connectivity index (χ0) is 14.8. The van der Waals surface area contributed by atoms with Gasteiger partial charge in [-0.05, 0) is 45.0 Å². The summed E-state index contributed by atoms with van der Waals surface area (Å²) >= 11 is 0. The Morgan fingerprint density at radius 2 is 1.85 bits per heavy atom.